The van der Waals surface area contributed by atoms with Gasteiger partial charge in [0, 0.05) is 30.2 Å². The third kappa shape index (κ3) is 2.56. The maximum absolute atomic E-state index is 12.4. The molecule has 0 spiro atoms. The molecule has 1 aromatic carbocycles. The van der Waals surface area contributed by atoms with Crippen molar-refractivity contribution in [1.29, 1.82) is 0 Å². The van der Waals surface area contributed by atoms with Crippen molar-refractivity contribution in [2.24, 2.45) is 5.73 Å². The van der Waals surface area contributed by atoms with Gasteiger partial charge in [0.2, 0.25) is 5.91 Å². The molecular formula is C16H21N3O. The van der Waals surface area contributed by atoms with Crippen molar-refractivity contribution in [2.75, 3.05) is 13.1 Å². The second kappa shape index (κ2) is 5.67. The summed E-state index contributed by atoms with van der Waals surface area (Å²) >= 11 is 0. The minimum atomic E-state index is -0.438. The van der Waals surface area contributed by atoms with Gasteiger partial charge >= 0.3 is 0 Å². The summed E-state index contributed by atoms with van der Waals surface area (Å²) in [5.74, 6) is 0.0926. The number of likely N-dealkylation sites (tertiary alicyclic amines) is 1. The molecule has 1 aliphatic heterocycles. The van der Waals surface area contributed by atoms with Crippen molar-refractivity contribution in [1.82, 2.24) is 9.88 Å². The minimum absolute atomic E-state index is 0.0926. The van der Waals surface area contributed by atoms with Gasteiger partial charge in [-0.25, -0.2) is 0 Å². The minimum Gasteiger partial charge on any atom is -0.361 e. The maximum Gasteiger partial charge on any atom is 0.239 e. The number of nitrogens with zero attached hydrogens (tertiary/aromatic N) is 1. The van der Waals surface area contributed by atoms with Crippen LogP contribution in [0.25, 0.3) is 10.9 Å². The maximum atomic E-state index is 12.4. The fourth-order valence-electron chi connectivity index (χ4n) is 2.97. The normalized spacial score (nSPS) is 17.4. The van der Waals surface area contributed by atoms with E-state index in [2.05, 4.69) is 11.1 Å². The van der Waals surface area contributed by atoms with Gasteiger partial charge in [0.25, 0.3) is 0 Å². The van der Waals surface area contributed by atoms with Crippen LogP contribution in [-0.4, -0.2) is 34.9 Å². The molecule has 0 bridgehead atoms. The predicted octanol–water partition coefficient (Wildman–Crippen LogP) is 2.05. The predicted molar refractivity (Wildman–Crippen MR) is 80.4 cm³/mol. The Bertz CT molecular complexity index is 599. The van der Waals surface area contributed by atoms with Gasteiger partial charge in [-0.2, -0.15) is 0 Å². The zero-order valence-electron chi connectivity index (χ0n) is 11.6. The third-order valence-electron chi connectivity index (χ3n) is 4.10. The average molecular weight is 271 g/mol. The van der Waals surface area contributed by atoms with Crippen LogP contribution in [-0.2, 0) is 11.2 Å². The second-order valence-corrected chi connectivity index (χ2v) is 5.56. The zero-order chi connectivity index (χ0) is 13.9. The Morgan fingerprint density at radius 2 is 2.00 bits per heavy atom. The molecule has 2 heterocycles. The van der Waals surface area contributed by atoms with Gasteiger partial charge in [0.05, 0.1) is 6.04 Å². The van der Waals surface area contributed by atoms with Crippen LogP contribution in [0.15, 0.2) is 30.5 Å². The molecule has 1 aliphatic rings. The number of aromatic nitrogens is 1. The van der Waals surface area contributed by atoms with Gasteiger partial charge in [0.15, 0.2) is 0 Å². The molecule has 3 rings (SSSR count). The summed E-state index contributed by atoms with van der Waals surface area (Å²) in [6, 6.07) is 7.68. The monoisotopic (exact) mass is 271 g/mol. The van der Waals surface area contributed by atoms with Crippen LogP contribution in [0.1, 0.15) is 24.8 Å². The first kappa shape index (κ1) is 13.2. The topological polar surface area (TPSA) is 62.1 Å². The molecule has 3 N–H and O–H groups in total. The highest BCUT2D eigenvalue weighted by Crippen LogP contribution is 2.19. The molecule has 106 valence electrons. The van der Waals surface area contributed by atoms with Gasteiger partial charge in [-0.15, -0.1) is 0 Å². The number of para-hydroxylation sites is 1. The van der Waals surface area contributed by atoms with Gasteiger partial charge in [-0.05, 0) is 37.3 Å². The number of amides is 1. The van der Waals surface area contributed by atoms with Gasteiger partial charge < -0.3 is 15.6 Å². The number of carbonyl (C=O) groups is 1. The summed E-state index contributed by atoms with van der Waals surface area (Å²) in [4.78, 5) is 17.5. The van der Waals surface area contributed by atoms with Crippen molar-refractivity contribution in [2.45, 2.75) is 31.7 Å². The molecule has 4 heteroatoms. The fraction of sp³-hybridized carbons (Fsp3) is 0.438. The van der Waals surface area contributed by atoms with Crippen molar-refractivity contribution in [3.05, 3.63) is 36.0 Å². The van der Waals surface area contributed by atoms with Gasteiger partial charge in [0.1, 0.15) is 0 Å². The summed E-state index contributed by atoms with van der Waals surface area (Å²) in [6.45, 7) is 1.72. The highest BCUT2D eigenvalue weighted by molar-refractivity contribution is 5.86. The number of aromatic amines is 1. The Hall–Kier alpha value is -1.81. The van der Waals surface area contributed by atoms with Crippen LogP contribution < -0.4 is 5.73 Å². The van der Waals surface area contributed by atoms with E-state index in [0.717, 1.165) is 42.4 Å². The zero-order valence-corrected chi connectivity index (χ0v) is 11.6. The van der Waals surface area contributed by atoms with E-state index in [4.69, 9.17) is 5.73 Å². The fourth-order valence-corrected chi connectivity index (χ4v) is 2.97. The molecule has 1 saturated heterocycles. The van der Waals surface area contributed by atoms with E-state index < -0.39 is 6.04 Å². The number of rotatable bonds is 3. The van der Waals surface area contributed by atoms with Crippen LogP contribution >= 0.6 is 0 Å². The van der Waals surface area contributed by atoms with Crippen LogP contribution in [0.3, 0.4) is 0 Å². The number of nitrogens with two attached hydrogens (primary N) is 1. The molecule has 1 atom stereocenters. The highest BCUT2D eigenvalue weighted by atomic mass is 16.2. The van der Waals surface area contributed by atoms with Crippen LogP contribution in [0.2, 0.25) is 0 Å². The molecule has 0 aliphatic carbocycles. The molecular weight excluding hydrogens is 250 g/mol. The van der Waals surface area contributed by atoms with E-state index in [1.165, 1.54) is 6.42 Å². The Morgan fingerprint density at radius 3 is 2.80 bits per heavy atom. The van der Waals surface area contributed by atoms with E-state index in [9.17, 15) is 4.79 Å². The standard InChI is InChI=1S/C16H21N3O/c17-14(16(20)19-8-4-1-5-9-19)10-12-11-18-15-7-3-2-6-13(12)15/h2-3,6-7,11,14,18H,1,4-5,8-10,17H2/t14-/m0/s1. The third-order valence-corrected chi connectivity index (χ3v) is 4.10. The molecule has 20 heavy (non-hydrogen) atoms. The molecule has 0 radical (unpaired) electrons. The SMILES string of the molecule is N[C@@H](Cc1c[nH]c2ccccc12)C(=O)N1CCCCC1. The number of H-pyrrole nitrogens is 1. The number of fused-ring (bicyclic) bond motifs is 1. The van der Waals surface area contributed by atoms with Gasteiger partial charge in [-0.3, -0.25) is 4.79 Å². The number of benzene rings is 1. The molecule has 0 unspecified atom stereocenters. The van der Waals surface area contributed by atoms with E-state index in [1.807, 2.05) is 29.3 Å². The Kier molecular flexibility index (Phi) is 3.74. The van der Waals surface area contributed by atoms with Gasteiger partial charge in [-0.1, -0.05) is 18.2 Å². The summed E-state index contributed by atoms with van der Waals surface area (Å²) in [5.41, 5.74) is 8.35. The summed E-state index contributed by atoms with van der Waals surface area (Å²) < 4.78 is 0. The highest BCUT2D eigenvalue weighted by Gasteiger charge is 2.23. The lowest BCUT2D eigenvalue weighted by Crippen LogP contribution is -2.46. The average Bonchev–Trinajstić information content (AvgIpc) is 2.91. The first-order valence-corrected chi connectivity index (χ1v) is 7.35. The van der Waals surface area contributed by atoms with Crippen molar-refractivity contribution >= 4 is 16.8 Å². The van der Waals surface area contributed by atoms with Crippen molar-refractivity contribution < 1.29 is 4.79 Å². The lowest BCUT2D eigenvalue weighted by Gasteiger charge is -2.29. The Morgan fingerprint density at radius 1 is 1.25 bits per heavy atom. The molecule has 2 aromatic rings. The van der Waals surface area contributed by atoms with E-state index in [1.54, 1.807) is 0 Å². The van der Waals surface area contributed by atoms with Crippen LogP contribution in [0.4, 0.5) is 0 Å². The number of carbonyl (C=O) groups excluding carboxylic acids is 1. The number of piperidine rings is 1. The number of nitrogens with one attached hydrogen (secondary N) is 1. The largest absolute Gasteiger partial charge is 0.361 e. The molecule has 1 aromatic heterocycles. The number of hydrogen-bond acceptors (Lipinski definition) is 2. The lowest BCUT2D eigenvalue weighted by atomic mass is 10.0. The molecule has 0 saturated carbocycles. The Balaban J connectivity index is 1.71. The number of hydrogen-bond donors (Lipinski definition) is 2. The molecule has 4 nitrogen and oxygen atoms in total. The van der Waals surface area contributed by atoms with Crippen molar-refractivity contribution in [3.63, 3.8) is 0 Å². The van der Waals surface area contributed by atoms with E-state index in [0.29, 0.717) is 6.42 Å². The first-order chi connectivity index (χ1) is 9.75. The van der Waals surface area contributed by atoms with E-state index >= 15 is 0 Å². The smallest absolute Gasteiger partial charge is 0.239 e. The summed E-state index contributed by atoms with van der Waals surface area (Å²) in [7, 11) is 0. The summed E-state index contributed by atoms with van der Waals surface area (Å²) in [5, 5.41) is 1.16. The van der Waals surface area contributed by atoms with Crippen LogP contribution in [0, 0.1) is 0 Å². The quantitative estimate of drug-likeness (QED) is 0.897. The molecule has 1 amide bonds. The Labute approximate surface area is 118 Å². The summed E-state index contributed by atoms with van der Waals surface area (Å²) in [6.07, 6.45) is 5.99. The van der Waals surface area contributed by atoms with E-state index in [-0.39, 0.29) is 5.91 Å². The molecule has 1 fully saturated rings. The second-order valence-electron chi connectivity index (χ2n) is 5.56. The lowest BCUT2D eigenvalue weighted by molar-refractivity contribution is -0.133. The first-order valence-electron chi connectivity index (χ1n) is 7.35. The van der Waals surface area contributed by atoms with Crippen LogP contribution in [0.5, 0.6) is 0 Å². The van der Waals surface area contributed by atoms with Crippen molar-refractivity contribution in [3.8, 4) is 0 Å².